The first-order chi connectivity index (χ1) is 7.27. The second-order valence-electron chi connectivity index (χ2n) is 2.61. The van der Waals surface area contributed by atoms with E-state index in [1.807, 2.05) is 6.08 Å². The highest BCUT2D eigenvalue weighted by Crippen LogP contribution is 2.05. The molecule has 7 heteroatoms. The number of nitrogens with two attached hydrogens (primary N) is 1. The molecule has 0 saturated carbocycles. The lowest BCUT2D eigenvalue weighted by Gasteiger charge is -2.13. The van der Waals surface area contributed by atoms with Gasteiger partial charge in [-0.1, -0.05) is 6.08 Å². The fourth-order valence-electron chi connectivity index (χ4n) is 1.03. The van der Waals surface area contributed by atoms with Gasteiger partial charge in [-0.05, 0) is 6.26 Å². The molecule has 1 aromatic heterocycles. The van der Waals surface area contributed by atoms with E-state index < -0.39 is 0 Å². The summed E-state index contributed by atoms with van der Waals surface area (Å²) in [5, 5.41) is 1.63. The van der Waals surface area contributed by atoms with Crippen LogP contribution in [0.4, 0.5) is 11.6 Å². The van der Waals surface area contributed by atoms with Gasteiger partial charge in [0.15, 0.2) is 0 Å². The van der Waals surface area contributed by atoms with Crippen LogP contribution in [0.25, 0.3) is 0 Å². The van der Waals surface area contributed by atoms with Gasteiger partial charge in [0.2, 0.25) is 5.95 Å². The third kappa shape index (κ3) is 2.74. The number of anilines is 2. The van der Waals surface area contributed by atoms with E-state index in [0.29, 0.717) is 5.95 Å². The fourth-order valence-corrected chi connectivity index (χ4v) is 1.03. The van der Waals surface area contributed by atoms with Gasteiger partial charge in [-0.3, -0.25) is 14.8 Å². The molecular formula is C8H13N5OS. The first kappa shape index (κ1) is 11.6. The van der Waals surface area contributed by atoms with Gasteiger partial charge in [-0.25, -0.2) is 10.4 Å². The summed E-state index contributed by atoms with van der Waals surface area (Å²) in [6, 6.07) is 0. The number of hydrogen-bond donors (Lipinski definition) is 4. The maximum Gasteiger partial charge on any atom is 0.275 e. The number of nitrogens with one attached hydrogen (secondary N) is 2. The Labute approximate surface area is 92.6 Å². The predicted molar refractivity (Wildman–Crippen MR) is 63.8 cm³/mol. The van der Waals surface area contributed by atoms with Crippen molar-refractivity contribution in [3.8, 4) is 0 Å². The standard InChI is InChI=1S/C7H9N5O.CH4S/c8-5-4-9-7(11-6(5)13)12-3-1-2-10-12;1-2/h1,3-4,10H,2,8H2,(H,9,11,13);2H,1H3. The zero-order valence-corrected chi connectivity index (χ0v) is 9.16. The Kier molecular flexibility index (Phi) is 4.19. The Hall–Kier alpha value is -1.47. The number of rotatable bonds is 1. The van der Waals surface area contributed by atoms with E-state index in [1.54, 1.807) is 17.5 Å². The number of hydrazine groups is 1. The highest BCUT2D eigenvalue weighted by Gasteiger charge is 2.08. The molecule has 0 bridgehead atoms. The van der Waals surface area contributed by atoms with E-state index in [0.717, 1.165) is 6.54 Å². The molecule has 4 N–H and O–H groups in total. The molecule has 0 saturated heterocycles. The first-order valence-corrected chi connectivity index (χ1v) is 5.16. The molecule has 0 atom stereocenters. The first-order valence-electron chi connectivity index (χ1n) is 4.26. The quantitative estimate of drug-likeness (QED) is 0.496. The van der Waals surface area contributed by atoms with Gasteiger partial charge in [0, 0.05) is 12.7 Å². The number of aromatic amines is 1. The number of nitrogen functional groups attached to an aromatic ring is 1. The lowest BCUT2D eigenvalue weighted by Crippen LogP contribution is -2.31. The molecule has 82 valence electrons. The molecule has 0 aromatic carbocycles. The van der Waals surface area contributed by atoms with Crippen molar-refractivity contribution < 1.29 is 0 Å². The molecule has 1 aromatic rings. The van der Waals surface area contributed by atoms with Crippen molar-refractivity contribution in [1.29, 1.82) is 0 Å². The third-order valence-corrected chi connectivity index (χ3v) is 1.68. The largest absolute Gasteiger partial charge is 0.393 e. The van der Waals surface area contributed by atoms with Crippen molar-refractivity contribution >= 4 is 24.3 Å². The number of thiol groups is 1. The summed E-state index contributed by atoms with van der Waals surface area (Å²) >= 11 is 3.53. The van der Waals surface area contributed by atoms with Gasteiger partial charge < -0.3 is 5.73 Å². The van der Waals surface area contributed by atoms with Crippen molar-refractivity contribution in [1.82, 2.24) is 15.4 Å². The van der Waals surface area contributed by atoms with Gasteiger partial charge in [0.1, 0.15) is 5.69 Å². The smallest absolute Gasteiger partial charge is 0.275 e. The highest BCUT2D eigenvalue weighted by atomic mass is 32.1. The molecule has 0 radical (unpaired) electrons. The number of nitrogens with zero attached hydrogens (tertiary/aromatic N) is 2. The minimum absolute atomic E-state index is 0.118. The summed E-state index contributed by atoms with van der Waals surface area (Å²) in [4.78, 5) is 17.6. The SMILES string of the molecule is CS.Nc1cnc(N2C=CCN2)[nH]c1=O. The van der Waals surface area contributed by atoms with Gasteiger partial charge in [-0.15, -0.1) is 0 Å². The summed E-state index contributed by atoms with van der Waals surface area (Å²) in [6.07, 6.45) is 6.73. The van der Waals surface area contributed by atoms with Crippen LogP contribution in [0.5, 0.6) is 0 Å². The molecule has 0 spiro atoms. The highest BCUT2D eigenvalue weighted by molar-refractivity contribution is 7.79. The monoisotopic (exact) mass is 227 g/mol. The lowest BCUT2D eigenvalue weighted by atomic mass is 10.5. The van der Waals surface area contributed by atoms with Crippen LogP contribution in [0.2, 0.25) is 0 Å². The lowest BCUT2D eigenvalue weighted by molar-refractivity contribution is 0.780. The van der Waals surface area contributed by atoms with E-state index in [4.69, 9.17) is 5.73 Å². The molecule has 1 aliphatic rings. The Balaban J connectivity index is 0.000000531. The normalized spacial score (nSPS) is 13.6. The van der Waals surface area contributed by atoms with Gasteiger partial charge in [0.05, 0.1) is 6.20 Å². The molecule has 0 fully saturated rings. The van der Waals surface area contributed by atoms with Crippen LogP contribution in [0, 0.1) is 0 Å². The summed E-state index contributed by atoms with van der Waals surface area (Å²) in [5.41, 5.74) is 8.08. The van der Waals surface area contributed by atoms with E-state index in [1.165, 1.54) is 6.20 Å². The van der Waals surface area contributed by atoms with Crippen molar-refractivity contribution in [2.75, 3.05) is 23.5 Å². The zero-order valence-electron chi connectivity index (χ0n) is 8.27. The molecule has 2 rings (SSSR count). The van der Waals surface area contributed by atoms with Crippen LogP contribution in [-0.4, -0.2) is 22.8 Å². The minimum Gasteiger partial charge on any atom is -0.393 e. The van der Waals surface area contributed by atoms with Crippen LogP contribution in [0.15, 0.2) is 23.3 Å². The fraction of sp³-hybridized carbons (Fsp3) is 0.250. The van der Waals surface area contributed by atoms with Crippen molar-refractivity contribution in [3.05, 3.63) is 28.8 Å². The van der Waals surface area contributed by atoms with Crippen LogP contribution >= 0.6 is 12.6 Å². The molecule has 0 amide bonds. The number of hydrogen-bond acceptors (Lipinski definition) is 6. The molecule has 1 aliphatic heterocycles. The van der Waals surface area contributed by atoms with Crippen LogP contribution < -0.4 is 21.7 Å². The number of aromatic nitrogens is 2. The summed E-state index contributed by atoms with van der Waals surface area (Å²) in [5.74, 6) is 0.438. The minimum atomic E-state index is -0.327. The Morgan fingerprint density at radius 3 is 2.87 bits per heavy atom. The van der Waals surface area contributed by atoms with Gasteiger partial charge in [-0.2, -0.15) is 12.6 Å². The molecular weight excluding hydrogens is 214 g/mol. The molecule has 2 heterocycles. The Morgan fingerprint density at radius 1 is 1.60 bits per heavy atom. The maximum absolute atomic E-state index is 11.1. The molecule has 6 nitrogen and oxygen atoms in total. The van der Waals surface area contributed by atoms with Gasteiger partial charge >= 0.3 is 0 Å². The van der Waals surface area contributed by atoms with Crippen molar-refractivity contribution in [2.24, 2.45) is 0 Å². The third-order valence-electron chi connectivity index (χ3n) is 1.68. The Morgan fingerprint density at radius 2 is 2.33 bits per heavy atom. The predicted octanol–water partition coefficient (Wildman–Crippen LogP) is -0.264. The van der Waals surface area contributed by atoms with E-state index in [9.17, 15) is 4.79 Å². The second kappa shape index (κ2) is 5.42. The van der Waals surface area contributed by atoms with Crippen LogP contribution in [0.1, 0.15) is 0 Å². The van der Waals surface area contributed by atoms with Crippen LogP contribution in [-0.2, 0) is 0 Å². The zero-order chi connectivity index (χ0) is 11.3. The van der Waals surface area contributed by atoms with Crippen LogP contribution in [0.3, 0.4) is 0 Å². The van der Waals surface area contributed by atoms with E-state index in [-0.39, 0.29) is 11.2 Å². The van der Waals surface area contributed by atoms with E-state index >= 15 is 0 Å². The summed E-state index contributed by atoms with van der Waals surface area (Å²) < 4.78 is 0. The average molecular weight is 227 g/mol. The molecule has 0 unspecified atom stereocenters. The Bertz CT molecular complexity index is 402. The second-order valence-corrected chi connectivity index (χ2v) is 2.61. The average Bonchev–Trinajstić information content (AvgIpc) is 2.78. The van der Waals surface area contributed by atoms with E-state index in [2.05, 4.69) is 28.0 Å². The van der Waals surface area contributed by atoms with Crippen molar-refractivity contribution in [2.45, 2.75) is 0 Å². The maximum atomic E-state index is 11.1. The topological polar surface area (TPSA) is 87.0 Å². The summed E-state index contributed by atoms with van der Waals surface area (Å²) in [6.45, 7) is 0.730. The number of H-pyrrole nitrogens is 1. The molecule has 0 aliphatic carbocycles. The molecule has 15 heavy (non-hydrogen) atoms. The van der Waals surface area contributed by atoms with Gasteiger partial charge in [0.25, 0.3) is 5.56 Å². The summed E-state index contributed by atoms with van der Waals surface area (Å²) in [7, 11) is 0. The van der Waals surface area contributed by atoms with Crippen molar-refractivity contribution in [3.63, 3.8) is 0 Å².